The molecule has 140 valence electrons. The fourth-order valence-electron chi connectivity index (χ4n) is 2.42. The third-order valence-corrected chi connectivity index (χ3v) is 4.82. The van der Waals surface area contributed by atoms with E-state index in [4.69, 9.17) is 16.0 Å². The van der Waals surface area contributed by atoms with E-state index in [0.717, 1.165) is 11.3 Å². The van der Waals surface area contributed by atoms with Gasteiger partial charge >= 0.3 is 0 Å². The number of benzene rings is 2. The molecular formula is C19H14ClN5O2S. The van der Waals surface area contributed by atoms with Crippen molar-refractivity contribution in [3.05, 3.63) is 71.8 Å². The zero-order chi connectivity index (χ0) is 19.3. The number of oxazole rings is 1. The molecule has 1 amide bonds. The van der Waals surface area contributed by atoms with E-state index in [1.165, 1.54) is 11.8 Å². The van der Waals surface area contributed by atoms with Gasteiger partial charge in [0.2, 0.25) is 0 Å². The highest BCUT2D eigenvalue weighted by Gasteiger charge is 2.09. The topological polar surface area (TPSA) is 85.3 Å². The van der Waals surface area contributed by atoms with Crippen molar-refractivity contribution in [2.24, 2.45) is 5.10 Å². The summed E-state index contributed by atoms with van der Waals surface area (Å²) in [5.74, 6) is -0.117. The molecule has 0 aliphatic carbocycles. The van der Waals surface area contributed by atoms with Gasteiger partial charge in [-0.05, 0) is 35.9 Å². The Bertz CT molecular complexity index is 1120. The van der Waals surface area contributed by atoms with Crippen LogP contribution in [0.15, 0.2) is 75.9 Å². The summed E-state index contributed by atoms with van der Waals surface area (Å²) < 4.78 is 7.46. The van der Waals surface area contributed by atoms with Crippen molar-refractivity contribution in [3.63, 3.8) is 0 Å². The quantitative estimate of drug-likeness (QED) is 0.295. The van der Waals surface area contributed by atoms with Gasteiger partial charge in [0.25, 0.3) is 11.1 Å². The number of nitrogens with one attached hydrogen (secondary N) is 1. The van der Waals surface area contributed by atoms with Gasteiger partial charge in [-0.1, -0.05) is 35.5 Å². The number of fused-ring (bicyclic) bond motifs is 1. The van der Waals surface area contributed by atoms with Crippen LogP contribution in [0.2, 0.25) is 5.02 Å². The van der Waals surface area contributed by atoms with Crippen LogP contribution < -0.4 is 5.43 Å². The second-order valence-corrected chi connectivity index (χ2v) is 7.10. The van der Waals surface area contributed by atoms with Gasteiger partial charge in [-0.25, -0.2) is 15.4 Å². The minimum absolute atomic E-state index is 0.136. The molecule has 0 radical (unpaired) electrons. The number of thioether (sulfide) groups is 1. The summed E-state index contributed by atoms with van der Waals surface area (Å²) in [6.07, 6.45) is 6.90. The lowest BCUT2D eigenvalue weighted by atomic mass is 10.2. The van der Waals surface area contributed by atoms with E-state index in [9.17, 15) is 4.79 Å². The van der Waals surface area contributed by atoms with Crippen molar-refractivity contribution in [2.75, 3.05) is 5.75 Å². The normalized spacial score (nSPS) is 11.3. The van der Waals surface area contributed by atoms with Crippen LogP contribution in [0, 0.1) is 0 Å². The third kappa shape index (κ3) is 4.41. The lowest BCUT2D eigenvalue weighted by Gasteiger charge is -2.02. The number of rotatable bonds is 6. The van der Waals surface area contributed by atoms with Crippen LogP contribution in [0.3, 0.4) is 0 Å². The molecule has 0 saturated carbocycles. The molecule has 0 saturated heterocycles. The smallest absolute Gasteiger partial charge is 0.257 e. The van der Waals surface area contributed by atoms with Crippen molar-refractivity contribution in [3.8, 4) is 5.69 Å². The molecule has 0 bridgehead atoms. The maximum atomic E-state index is 11.9. The maximum Gasteiger partial charge on any atom is 0.257 e. The zero-order valence-corrected chi connectivity index (χ0v) is 16.0. The Morgan fingerprint density at radius 1 is 1.29 bits per heavy atom. The lowest BCUT2D eigenvalue weighted by molar-refractivity contribution is -0.118. The molecule has 0 atom stereocenters. The first-order valence-corrected chi connectivity index (χ1v) is 9.63. The van der Waals surface area contributed by atoms with Crippen LogP contribution >= 0.6 is 23.4 Å². The Balaban J connectivity index is 1.28. The Labute approximate surface area is 169 Å². The number of hydrazone groups is 1. The van der Waals surface area contributed by atoms with E-state index in [1.54, 1.807) is 36.9 Å². The van der Waals surface area contributed by atoms with Gasteiger partial charge in [0.15, 0.2) is 5.58 Å². The van der Waals surface area contributed by atoms with Crippen molar-refractivity contribution < 1.29 is 9.21 Å². The van der Waals surface area contributed by atoms with Gasteiger partial charge in [0.05, 0.1) is 18.3 Å². The average molecular weight is 412 g/mol. The van der Waals surface area contributed by atoms with E-state index < -0.39 is 0 Å². The van der Waals surface area contributed by atoms with E-state index in [-0.39, 0.29) is 11.7 Å². The molecule has 2 aromatic carbocycles. The van der Waals surface area contributed by atoms with Crippen molar-refractivity contribution in [1.29, 1.82) is 0 Å². The van der Waals surface area contributed by atoms with E-state index in [2.05, 4.69) is 20.5 Å². The maximum absolute atomic E-state index is 11.9. The average Bonchev–Trinajstić information content (AvgIpc) is 3.36. The molecule has 0 spiro atoms. The number of nitrogens with zero attached hydrogens (tertiary/aromatic N) is 4. The monoisotopic (exact) mass is 411 g/mol. The largest absolute Gasteiger partial charge is 0.431 e. The Morgan fingerprint density at radius 3 is 2.93 bits per heavy atom. The van der Waals surface area contributed by atoms with Crippen molar-refractivity contribution in [1.82, 2.24) is 20.0 Å². The molecule has 0 aliphatic heterocycles. The first-order valence-electron chi connectivity index (χ1n) is 8.26. The summed E-state index contributed by atoms with van der Waals surface area (Å²) in [6, 6.07) is 12.9. The van der Waals surface area contributed by atoms with Crippen molar-refractivity contribution >= 4 is 46.6 Å². The molecule has 7 nitrogen and oxygen atoms in total. The first kappa shape index (κ1) is 18.3. The summed E-state index contributed by atoms with van der Waals surface area (Å²) in [4.78, 5) is 20.2. The van der Waals surface area contributed by atoms with Crippen LogP contribution in [-0.2, 0) is 4.79 Å². The number of imidazole rings is 1. The minimum atomic E-state index is -0.253. The number of hydrogen-bond acceptors (Lipinski definition) is 6. The molecular weight excluding hydrogens is 398 g/mol. The first-order chi connectivity index (χ1) is 13.7. The summed E-state index contributed by atoms with van der Waals surface area (Å²) in [5.41, 5.74) is 5.64. The molecule has 4 aromatic rings. The number of carbonyl (C=O) groups is 1. The molecule has 0 aliphatic rings. The molecule has 1 N–H and O–H groups in total. The minimum Gasteiger partial charge on any atom is -0.431 e. The molecule has 2 aromatic heterocycles. The summed E-state index contributed by atoms with van der Waals surface area (Å²) in [6.45, 7) is 0. The van der Waals surface area contributed by atoms with Crippen LogP contribution in [0.1, 0.15) is 5.56 Å². The molecule has 2 heterocycles. The van der Waals surface area contributed by atoms with E-state index in [1.807, 2.05) is 35.0 Å². The van der Waals surface area contributed by atoms with Crippen molar-refractivity contribution in [2.45, 2.75) is 5.22 Å². The van der Waals surface area contributed by atoms with Gasteiger partial charge in [0.1, 0.15) is 5.52 Å². The Morgan fingerprint density at radius 2 is 2.14 bits per heavy atom. The number of aromatic nitrogens is 3. The number of hydrogen-bond donors (Lipinski definition) is 1. The number of carbonyl (C=O) groups excluding carboxylic acids is 1. The van der Waals surface area contributed by atoms with E-state index in [0.29, 0.717) is 21.3 Å². The van der Waals surface area contributed by atoms with Gasteiger partial charge in [-0.15, -0.1) is 0 Å². The molecule has 9 heteroatoms. The second kappa shape index (κ2) is 8.28. The predicted molar refractivity (Wildman–Crippen MR) is 109 cm³/mol. The van der Waals surface area contributed by atoms with Crippen LogP contribution in [0.25, 0.3) is 16.8 Å². The highest BCUT2D eigenvalue weighted by molar-refractivity contribution is 7.99. The van der Waals surface area contributed by atoms with E-state index >= 15 is 0 Å². The van der Waals surface area contributed by atoms with Crippen LogP contribution in [-0.4, -0.2) is 32.4 Å². The van der Waals surface area contributed by atoms with Gasteiger partial charge in [0, 0.05) is 23.1 Å². The fourth-order valence-corrected chi connectivity index (χ4v) is 3.22. The lowest BCUT2D eigenvalue weighted by Crippen LogP contribution is -2.19. The van der Waals surface area contributed by atoms with Gasteiger partial charge in [-0.2, -0.15) is 5.10 Å². The number of halogens is 1. The third-order valence-electron chi connectivity index (χ3n) is 3.76. The summed E-state index contributed by atoms with van der Waals surface area (Å²) >= 11 is 7.12. The predicted octanol–water partition coefficient (Wildman–Crippen LogP) is 3.91. The summed E-state index contributed by atoms with van der Waals surface area (Å²) in [5, 5.41) is 4.97. The molecule has 28 heavy (non-hydrogen) atoms. The van der Waals surface area contributed by atoms with Crippen LogP contribution in [0.5, 0.6) is 0 Å². The SMILES string of the molecule is O=C(CSc1nc2cc(Cl)ccc2o1)N/N=C/c1ccc(-n2ccnc2)cc1. The molecule has 0 fully saturated rings. The van der Waals surface area contributed by atoms with Crippen LogP contribution in [0.4, 0.5) is 0 Å². The van der Waals surface area contributed by atoms with Gasteiger partial charge < -0.3 is 8.98 Å². The molecule has 0 unspecified atom stereocenters. The fraction of sp³-hybridized carbons (Fsp3) is 0.0526. The Hall–Kier alpha value is -3.10. The molecule has 4 rings (SSSR count). The number of amides is 1. The highest BCUT2D eigenvalue weighted by atomic mass is 35.5. The second-order valence-electron chi connectivity index (χ2n) is 5.74. The standard InChI is InChI=1S/C19H14ClN5O2S/c20-14-3-6-17-16(9-14)23-19(27-17)28-11-18(26)24-22-10-13-1-4-15(5-2-13)25-8-7-21-12-25/h1-10,12H,11H2,(H,24,26)/b22-10+. The highest BCUT2D eigenvalue weighted by Crippen LogP contribution is 2.25. The Kier molecular flexibility index (Phi) is 5.41. The zero-order valence-electron chi connectivity index (χ0n) is 14.4. The van der Waals surface area contributed by atoms with Gasteiger partial charge in [-0.3, -0.25) is 4.79 Å². The summed E-state index contributed by atoms with van der Waals surface area (Å²) in [7, 11) is 0.